The molecule has 1 heterocycles. The van der Waals surface area contributed by atoms with E-state index in [2.05, 4.69) is 49.3 Å². The zero-order valence-corrected chi connectivity index (χ0v) is 11.5. The monoisotopic (exact) mass is 240 g/mol. The van der Waals surface area contributed by atoms with Gasteiger partial charge in [0.15, 0.2) is 0 Å². The highest BCUT2D eigenvalue weighted by Gasteiger charge is 2.03. The molecule has 2 rings (SSSR count). The van der Waals surface area contributed by atoms with E-state index in [0.29, 0.717) is 0 Å². The van der Waals surface area contributed by atoms with Crippen molar-refractivity contribution in [2.45, 2.75) is 34.2 Å². The van der Waals surface area contributed by atoms with Gasteiger partial charge >= 0.3 is 0 Å². The molecule has 0 fully saturated rings. The van der Waals surface area contributed by atoms with Gasteiger partial charge in [-0.2, -0.15) is 0 Å². The Balaban J connectivity index is 2.13. The number of hydrogen-bond donors (Lipinski definition) is 1. The SMILES string of the molecule is Cc1cc(C)c(NCc2ccc(C)nc2)c(C)c1. The Morgan fingerprint density at radius 1 is 1.00 bits per heavy atom. The number of anilines is 1. The molecule has 0 spiro atoms. The Kier molecular flexibility index (Phi) is 3.66. The molecule has 2 heteroatoms. The van der Waals surface area contributed by atoms with Gasteiger partial charge in [-0.15, -0.1) is 0 Å². The number of pyridine rings is 1. The molecule has 0 aliphatic carbocycles. The summed E-state index contributed by atoms with van der Waals surface area (Å²) in [5.41, 5.74) is 7.41. The molecule has 94 valence electrons. The first kappa shape index (κ1) is 12.6. The van der Waals surface area contributed by atoms with E-state index in [1.165, 1.54) is 27.9 Å². The van der Waals surface area contributed by atoms with Gasteiger partial charge in [0.2, 0.25) is 0 Å². The molecule has 1 aromatic heterocycles. The highest BCUT2D eigenvalue weighted by Crippen LogP contribution is 2.22. The average Bonchev–Trinajstić information content (AvgIpc) is 2.30. The predicted octanol–water partition coefficient (Wildman–Crippen LogP) is 3.93. The van der Waals surface area contributed by atoms with Crippen molar-refractivity contribution in [2.75, 3.05) is 5.32 Å². The number of aromatic nitrogens is 1. The first-order chi connectivity index (χ1) is 8.56. The smallest absolute Gasteiger partial charge is 0.0416 e. The van der Waals surface area contributed by atoms with Crippen LogP contribution in [-0.4, -0.2) is 4.98 Å². The Morgan fingerprint density at radius 3 is 2.22 bits per heavy atom. The van der Waals surface area contributed by atoms with Crippen LogP contribution in [0.4, 0.5) is 5.69 Å². The van der Waals surface area contributed by atoms with Crippen molar-refractivity contribution in [3.05, 3.63) is 58.4 Å². The minimum absolute atomic E-state index is 0.817. The Labute approximate surface area is 109 Å². The molecule has 1 aromatic carbocycles. The molecule has 0 unspecified atom stereocenters. The number of aryl methyl sites for hydroxylation is 4. The third kappa shape index (κ3) is 2.89. The van der Waals surface area contributed by atoms with Gasteiger partial charge in [-0.25, -0.2) is 0 Å². The first-order valence-corrected chi connectivity index (χ1v) is 6.29. The van der Waals surface area contributed by atoms with E-state index in [1.54, 1.807) is 0 Å². The summed E-state index contributed by atoms with van der Waals surface area (Å²) in [6.45, 7) is 9.25. The molecule has 0 amide bonds. The fraction of sp³-hybridized carbons (Fsp3) is 0.312. The summed E-state index contributed by atoms with van der Waals surface area (Å²) in [5.74, 6) is 0. The van der Waals surface area contributed by atoms with E-state index >= 15 is 0 Å². The minimum atomic E-state index is 0.817. The molecule has 0 atom stereocenters. The maximum atomic E-state index is 4.31. The van der Waals surface area contributed by atoms with Crippen LogP contribution >= 0.6 is 0 Å². The quantitative estimate of drug-likeness (QED) is 0.879. The van der Waals surface area contributed by atoms with Gasteiger partial charge in [0.25, 0.3) is 0 Å². The van der Waals surface area contributed by atoms with Crippen molar-refractivity contribution >= 4 is 5.69 Å². The van der Waals surface area contributed by atoms with Gasteiger partial charge in [0.05, 0.1) is 0 Å². The van der Waals surface area contributed by atoms with Crippen LogP contribution in [0.15, 0.2) is 30.5 Å². The molecule has 18 heavy (non-hydrogen) atoms. The highest BCUT2D eigenvalue weighted by atomic mass is 14.9. The third-order valence-corrected chi connectivity index (χ3v) is 3.12. The van der Waals surface area contributed by atoms with Crippen LogP contribution in [0.2, 0.25) is 0 Å². The zero-order valence-electron chi connectivity index (χ0n) is 11.5. The van der Waals surface area contributed by atoms with Crippen molar-refractivity contribution in [2.24, 2.45) is 0 Å². The number of nitrogens with zero attached hydrogens (tertiary/aromatic N) is 1. The second kappa shape index (κ2) is 5.21. The fourth-order valence-electron chi connectivity index (χ4n) is 2.25. The van der Waals surface area contributed by atoms with Crippen LogP contribution in [0.3, 0.4) is 0 Å². The lowest BCUT2D eigenvalue weighted by Crippen LogP contribution is -2.03. The Bertz CT molecular complexity index is 519. The molecule has 0 saturated carbocycles. The van der Waals surface area contributed by atoms with E-state index in [1.807, 2.05) is 19.2 Å². The first-order valence-electron chi connectivity index (χ1n) is 6.29. The maximum Gasteiger partial charge on any atom is 0.0416 e. The van der Waals surface area contributed by atoms with Gasteiger partial charge in [0.1, 0.15) is 0 Å². The van der Waals surface area contributed by atoms with Gasteiger partial charge in [-0.1, -0.05) is 23.8 Å². The minimum Gasteiger partial charge on any atom is -0.380 e. The van der Waals surface area contributed by atoms with E-state index < -0.39 is 0 Å². The van der Waals surface area contributed by atoms with E-state index in [0.717, 1.165) is 12.2 Å². The summed E-state index contributed by atoms with van der Waals surface area (Å²) in [6, 6.07) is 8.59. The molecule has 1 N–H and O–H groups in total. The second-order valence-electron chi connectivity index (χ2n) is 4.94. The Hall–Kier alpha value is -1.83. The number of nitrogens with one attached hydrogen (secondary N) is 1. The van der Waals surface area contributed by atoms with Crippen LogP contribution in [0.25, 0.3) is 0 Å². The molecular weight excluding hydrogens is 220 g/mol. The normalized spacial score (nSPS) is 10.4. The van der Waals surface area contributed by atoms with Crippen molar-refractivity contribution < 1.29 is 0 Å². The van der Waals surface area contributed by atoms with Crippen LogP contribution in [0.5, 0.6) is 0 Å². The van der Waals surface area contributed by atoms with Crippen molar-refractivity contribution in [1.29, 1.82) is 0 Å². The summed E-state index contributed by atoms with van der Waals surface area (Å²) in [7, 11) is 0. The van der Waals surface area contributed by atoms with Crippen LogP contribution in [0.1, 0.15) is 27.9 Å². The summed E-state index contributed by atoms with van der Waals surface area (Å²) >= 11 is 0. The van der Waals surface area contributed by atoms with Crippen molar-refractivity contribution in [1.82, 2.24) is 4.98 Å². The van der Waals surface area contributed by atoms with Crippen molar-refractivity contribution in [3.8, 4) is 0 Å². The number of benzene rings is 1. The summed E-state index contributed by atoms with van der Waals surface area (Å²) in [6.07, 6.45) is 1.93. The lowest BCUT2D eigenvalue weighted by Gasteiger charge is -2.13. The second-order valence-corrected chi connectivity index (χ2v) is 4.94. The van der Waals surface area contributed by atoms with Crippen LogP contribution < -0.4 is 5.32 Å². The number of hydrogen-bond acceptors (Lipinski definition) is 2. The van der Waals surface area contributed by atoms with E-state index in [4.69, 9.17) is 0 Å². The summed E-state index contributed by atoms with van der Waals surface area (Å²) < 4.78 is 0. The lowest BCUT2D eigenvalue weighted by molar-refractivity contribution is 1.08. The maximum absolute atomic E-state index is 4.31. The van der Waals surface area contributed by atoms with Gasteiger partial charge < -0.3 is 5.32 Å². The molecular formula is C16H20N2. The topological polar surface area (TPSA) is 24.9 Å². The van der Waals surface area contributed by atoms with Gasteiger partial charge in [-0.05, 0) is 50.5 Å². The summed E-state index contributed by atoms with van der Waals surface area (Å²) in [5, 5.41) is 3.50. The molecule has 2 nitrogen and oxygen atoms in total. The Morgan fingerprint density at radius 2 is 1.67 bits per heavy atom. The highest BCUT2D eigenvalue weighted by molar-refractivity contribution is 5.58. The van der Waals surface area contributed by atoms with Crippen LogP contribution in [-0.2, 0) is 6.54 Å². The molecule has 0 bridgehead atoms. The molecule has 2 aromatic rings. The average molecular weight is 240 g/mol. The van der Waals surface area contributed by atoms with Gasteiger partial charge in [0, 0.05) is 24.1 Å². The third-order valence-electron chi connectivity index (χ3n) is 3.12. The van der Waals surface area contributed by atoms with Crippen LogP contribution in [0, 0.1) is 27.7 Å². The summed E-state index contributed by atoms with van der Waals surface area (Å²) in [4.78, 5) is 4.31. The molecule has 0 radical (unpaired) electrons. The lowest BCUT2D eigenvalue weighted by atomic mass is 10.0. The largest absolute Gasteiger partial charge is 0.380 e. The molecule has 0 aliphatic heterocycles. The molecule has 0 saturated heterocycles. The van der Waals surface area contributed by atoms with Gasteiger partial charge in [-0.3, -0.25) is 4.98 Å². The van der Waals surface area contributed by atoms with Crippen molar-refractivity contribution in [3.63, 3.8) is 0 Å². The molecule has 0 aliphatic rings. The van der Waals surface area contributed by atoms with E-state index in [-0.39, 0.29) is 0 Å². The predicted molar refractivity (Wildman–Crippen MR) is 77.0 cm³/mol. The van der Waals surface area contributed by atoms with E-state index in [9.17, 15) is 0 Å². The zero-order chi connectivity index (χ0) is 13.1. The standard InChI is InChI=1S/C16H20N2/c1-11-7-12(2)16(13(3)8-11)18-10-15-6-5-14(4)17-9-15/h5-9,18H,10H2,1-4H3. The fourth-order valence-corrected chi connectivity index (χ4v) is 2.25. The number of rotatable bonds is 3.